The first-order valence-electron chi connectivity index (χ1n) is 1.80. The zero-order valence-corrected chi connectivity index (χ0v) is 4.01. The number of hydrogen-bond acceptors (Lipinski definition) is 3. The third-order valence-electron chi connectivity index (χ3n) is 0.486. The van der Waals surface area contributed by atoms with Crippen LogP contribution in [0.5, 0.6) is 0 Å². The number of nitrogens with one attached hydrogen (secondary N) is 1. The van der Waals surface area contributed by atoms with Crippen LogP contribution in [0, 0.1) is 5.53 Å². The fraction of sp³-hybridized carbons (Fsp3) is 0.250. The van der Waals surface area contributed by atoms with Crippen molar-refractivity contribution in [3.8, 4) is 0 Å². The number of hydrogen-bond donors (Lipinski definition) is 1. The minimum Gasteiger partial charge on any atom is -0.298 e. The molecule has 0 aromatic carbocycles. The lowest BCUT2D eigenvalue weighted by Crippen LogP contribution is -1.65. The Balaban J connectivity index is 3.72. The molecule has 38 valence electrons. The summed E-state index contributed by atoms with van der Waals surface area (Å²) in [5.74, 6) is 0. The van der Waals surface area contributed by atoms with Crippen molar-refractivity contribution < 1.29 is 4.79 Å². The fourth-order valence-corrected chi connectivity index (χ4v) is 0.136. The van der Waals surface area contributed by atoms with Crippen molar-refractivity contribution in [1.82, 2.24) is 0 Å². The fourth-order valence-electron chi connectivity index (χ4n) is 0.136. The minimum atomic E-state index is 0.426. The van der Waals surface area contributed by atoms with E-state index in [-0.39, 0.29) is 0 Å². The van der Waals surface area contributed by atoms with Crippen LogP contribution in [-0.4, -0.2) is 6.29 Å². The number of carbonyl (C=O) groups excluding carboxylic acids is 1. The second-order valence-corrected chi connectivity index (χ2v) is 1.06. The molecule has 0 amide bonds. The third-order valence-corrected chi connectivity index (χ3v) is 0.486. The maximum atomic E-state index is 9.55. The molecule has 0 spiro atoms. The normalized spacial score (nSPS) is 10.7. The van der Waals surface area contributed by atoms with Gasteiger partial charge in [0, 0.05) is 6.08 Å². The van der Waals surface area contributed by atoms with Crippen molar-refractivity contribution in [2.75, 3.05) is 0 Å². The maximum absolute atomic E-state index is 9.55. The Morgan fingerprint density at radius 2 is 2.43 bits per heavy atom. The molecule has 0 fully saturated rings. The van der Waals surface area contributed by atoms with Crippen LogP contribution < -0.4 is 0 Å². The molecule has 0 unspecified atom stereocenters. The molecule has 0 aliphatic heterocycles. The van der Waals surface area contributed by atoms with Crippen LogP contribution >= 0.6 is 0 Å². The van der Waals surface area contributed by atoms with Gasteiger partial charge in [0.25, 0.3) is 0 Å². The molecule has 0 radical (unpaired) electrons. The molecule has 0 aromatic heterocycles. The van der Waals surface area contributed by atoms with Crippen molar-refractivity contribution in [2.45, 2.75) is 6.92 Å². The summed E-state index contributed by atoms with van der Waals surface area (Å²) in [7, 11) is 0. The Morgan fingerprint density at radius 3 is 2.57 bits per heavy atom. The quantitative estimate of drug-likeness (QED) is 0.314. The average Bonchev–Trinajstić information content (AvgIpc) is 1.68. The van der Waals surface area contributed by atoms with E-state index in [0.717, 1.165) is 0 Å². The summed E-state index contributed by atoms with van der Waals surface area (Å²) in [4.78, 5) is 9.55. The number of nitrogens with zero attached hydrogens (tertiary/aromatic N) is 1. The van der Waals surface area contributed by atoms with Crippen molar-refractivity contribution in [3.05, 3.63) is 11.8 Å². The Hall–Kier alpha value is -0.990. The van der Waals surface area contributed by atoms with Crippen molar-refractivity contribution in [2.24, 2.45) is 5.11 Å². The van der Waals surface area contributed by atoms with Gasteiger partial charge in [-0.05, 0) is 6.92 Å². The molecule has 0 atom stereocenters. The SMILES string of the molecule is C/C(=C\C=O)N=N. The molecule has 0 aromatic rings. The summed E-state index contributed by atoms with van der Waals surface area (Å²) >= 11 is 0. The summed E-state index contributed by atoms with van der Waals surface area (Å²) < 4.78 is 0. The molecule has 0 aliphatic carbocycles. The summed E-state index contributed by atoms with van der Waals surface area (Å²) in [5.41, 5.74) is 6.74. The monoisotopic (exact) mass is 98.0 g/mol. The lowest BCUT2D eigenvalue weighted by molar-refractivity contribution is -0.104. The maximum Gasteiger partial charge on any atom is 0.144 e. The van der Waals surface area contributed by atoms with Gasteiger partial charge in [-0.3, -0.25) is 4.79 Å². The first-order chi connectivity index (χ1) is 3.31. The van der Waals surface area contributed by atoms with Crippen LogP contribution in [0.4, 0.5) is 0 Å². The van der Waals surface area contributed by atoms with E-state index in [1.54, 1.807) is 6.92 Å². The van der Waals surface area contributed by atoms with Gasteiger partial charge in [-0.25, -0.2) is 5.53 Å². The first kappa shape index (κ1) is 6.01. The second-order valence-electron chi connectivity index (χ2n) is 1.06. The highest BCUT2D eigenvalue weighted by molar-refractivity contribution is 5.65. The Kier molecular flexibility index (Phi) is 2.76. The summed E-state index contributed by atoms with van der Waals surface area (Å²) in [6, 6.07) is 0. The smallest absolute Gasteiger partial charge is 0.144 e. The predicted octanol–water partition coefficient (Wildman–Crippen LogP) is 1.12. The third kappa shape index (κ3) is 2.82. The minimum absolute atomic E-state index is 0.426. The van der Waals surface area contributed by atoms with Gasteiger partial charge in [0.1, 0.15) is 6.29 Å². The van der Waals surface area contributed by atoms with Crippen molar-refractivity contribution >= 4 is 6.29 Å². The Labute approximate surface area is 41.5 Å². The summed E-state index contributed by atoms with van der Waals surface area (Å²) in [6.07, 6.45) is 1.83. The van der Waals surface area contributed by atoms with E-state index in [1.165, 1.54) is 6.08 Å². The van der Waals surface area contributed by atoms with Crippen LogP contribution in [0.2, 0.25) is 0 Å². The molecular formula is C4H6N2O. The largest absolute Gasteiger partial charge is 0.298 e. The van der Waals surface area contributed by atoms with Crippen molar-refractivity contribution in [3.63, 3.8) is 0 Å². The summed E-state index contributed by atoms with van der Waals surface area (Å²) in [6.45, 7) is 1.58. The van der Waals surface area contributed by atoms with E-state index in [4.69, 9.17) is 5.53 Å². The molecule has 0 heterocycles. The topological polar surface area (TPSA) is 53.3 Å². The lowest BCUT2D eigenvalue weighted by atomic mass is 10.5. The van der Waals surface area contributed by atoms with E-state index >= 15 is 0 Å². The number of rotatable bonds is 2. The van der Waals surface area contributed by atoms with Gasteiger partial charge in [0.05, 0.1) is 5.70 Å². The molecule has 0 saturated carbocycles. The number of carbonyl (C=O) groups is 1. The van der Waals surface area contributed by atoms with Crippen LogP contribution in [-0.2, 0) is 4.79 Å². The highest BCUT2D eigenvalue weighted by Crippen LogP contribution is 1.87. The molecule has 0 bridgehead atoms. The molecule has 0 rings (SSSR count). The van der Waals surface area contributed by atoms with Gasteiger partial charge in [0.15, 0.2) is 0 Å². The molecule has 7 heavy (non-hydrogen) atoms. The van der Waals surface area contributed by atoms with Gasteiger partial charge < -0.3 is 0 Å². The van der Waals surface area contributed by atoms with Gasteiger partial charge in [-0.15, -0.1) is 0 Å². The molecule has 0 saturated heterocycles. The number of allylic oxidation sites excluding steroid dienone is 2. The van der Waals surface area contributed by atoms with Crippen molar-refractivity contribution in [1.29, 1.82) is 5.53 Å². The van der Waals surface area contributed by atoms with E-state index in [2.05, 4.69) is 5.11 Å². The zero-order chi connectivity index (χ0) is 5.70. The molecule has 3 nitrogen and oxygen atoms in total. The molecular weight excluding hydrogens is 92.1 g/mol. The second kappa shape index (κ2) is 3.21. The first-order valence-corrected chi connectivity index (χ1v) is 1.80. The van der Waals surface area contributed by atoms with Crippen LogP contribution in [0.3, 0.4) is 0 Å². The molecule has 3 heteroatoms. The van der Waals surface area contributed by atoms with E-state index in [9.17, 15) is 4.79 Å². The van der Waals surface area contributed by atoms with Gasteiger partial charge in [0.2, 0.25) is 0 Å². The van der Waals surface area contributed by atoms with Crippen LogP contribution in [0.15, 0.2) is 16.9 Å². The molecule has 1 N–H and O–H groups in total. The van der Waals surface area contributed by atoms with Crippen LogP contribution in [0.25, 0.3) is 0 Å². The average molecular weight is 98.1 g/mol. The standard InChI is InChI=1S/C4H6N2O/c1-4(6-5)2-3-7/h2-3,5H,1H3/b4-2+,6-5?. The highest BCUT2D eigenvalue weighted by atomic mass is 16.1. The van der Waals surface area contributed by atoms with E-state index < -0.39 is 0 Å². The predicted molar refractivity (Wildman–Crippen MR) is 25.0 cm³/mol. The lowest BCUT2D eigenvalue weighted by Gasteiger charge is -1.75. The highest BCUT2D eigenvalue weighted by Gasteiger charge is 1.74. The number of aldehydes is 1. The van der Waals surface area contributed by atoms with E-state index in [0.29, 0.717) is 12.0 Å². The summed E-state index contributed by atoms with van der Waals surface area (Å²) in [5, 5.41) is 2.96. The van der Waals surface area contributed by atoms with Crippen LogP contribution in [0.1, 0.15) is 6.92 Å². The van der Waals surface area contributed by atoms with E-state index in [1.807, 2.05) is 0 Å². The zero-order valence-electron chi connectivity index (χ0n) is 4.01. The van der Waals surface area contributed by atoms with Gasteiger partial charge >= 0.3 is 0 Å². The van der Waals surface area contributed by atoms with Gasteiger partial charge in [-0.2, -0.15) is 5.11 Å². The Bertz CT molecular complexity index is 106. The molecule has 0 aliphatic rings. The van der Waals surface area contributed by atoms with Gasteiger partial charge in [-0.1, -0.05) is 0 Å². The Morgan fingerprint density at radius 1 is 1.86 bits per heavy atom.